The van der Waals surface area contributed by atoms with Gasteiger partial charge in [0.2, 0.25) is 0 Å². The summed E-state index contributed by atoms with van der Waals surface area (Å²) >= 11 is 0. The van der Waals surface area contributed by atoms with Crippen LogP contribution in [-0.2, 0) is 0 Å². The Labute approximate surface area is 108 Å². The van der Waals surface area contributed by atoms with Gasteiger partial charge in [-0.25, -0.2) is 4.98 Å². The zero-order chi connectivity index (χ0) is 13.3. The van der Waals surface area contributed by atoms with E-state index in [1.807, 2.05) is 13.8 Å². The predicted octanol–water partition coefficient (Wildman–Crippen LogP) is 2.88. The fourth-order valence-corrected chi connectivity index (χ4v) is 2.60. The topological polar surface area (TPSA) is 57.8 Å². The molecule has 1 aromatic heterocycles. The summed E-state index contributed by atoms with van der Waals surface area (Å²) in [6, 6.07) is 1.96. The van der Waals surface area contributed by atoms with Gasteiger partial charge in [0.1, 0.15) is 11.6 Å². The summed E-state index contributed by atoms with van der Waals surface area (Å²) in [5, 5.41) is 3.44. The Balaban J connectivity index is 2.21. The first-order valence-electron chi connectivity index (χ1n) is 6.76. The molecule has 1 aliphatic carbocycles. The number of nitrogens with one attached hydrogen (secondary N) is 2. The molecule has 1 heterocycles. The van der Waals surface area contributed by atoms with Crippen LogP contribution in [0.1, 0.15) is 58.7 Å². The summed E-state index contributed by atoms with van der Waals surface area (Å²) in [4.78, 5) is 18.9. The van der Waals surface area contributed by atoms with Gasteiger partial charge in [0.05, 0.1) is 0 Å². The van der Waals surface area contributed by atoms with E-state index < -0.39 is 0 Å². The van der Waals surface area contributed by atoms with Crippen molar-refractivity contribution in [1.29, 1.82) is 0 Å². The van der Waals surface area contributed by atoms with Crippen molar-refractivity contribution in [2.45, 2.75) is 58.9 Å². The molecule has 2 N–H and O–H groups in total. The van der Waals surface area contributed by atoms with E-state index in [0.717, 1.165) is 12.2 Å². The molecule has 0 bridgehead atoms. The quantitative estimate of drug-likeness (QED) is 0.866. The molecule has 100 valence electrons. The van der Waals surface area contributed by atoms with Gasteiger partial charge in [0.15, 0.2) is 0 Å². The van der Waals surface area contributed by atoms with Crippen LogP contribution in [0, 0.1) is 5.41 Å². The number of rotatable bonds is 3. The number of H-pyrrole nitrogens is 1. The number of aromatic amines is 1. The number of hydrogen-bond donors (Lipinski definition) is 2. The van der Waals surface area contributed by atoms with Crippen molar-refractivity contribution in [3.63, 3.8) is 0 Å². The van der Waals surface area contributed by atoms with Crippen molar-refractivity contribution < 1.29 is 0 Å². The molecule has 1 aromatic rings. The van der Waals surface area contributed by atoms with Crippen LogP contribution in [0.25, 0.3) is 0 Å². The molecule has 1 aliphatic rings. The van der Waals surface area contributed by atoms with Crippen molar-refractivity contribution in [1.82, 2.24) is 9.97 Å². The summed E-state index contributed by atoms with van der Waals surface area (Å²) in [5.41, 5.74) is 0.203. The van der Waals surface area contributed by atoms with Gasteiger partial charge >= 0.3 is 0 Å². The van der Waals surface area contributed by atoms with E-state index >= 15 is 0 Å². The standard InChI is InChI=1S/C14H23N3O/c1-9(2)13-16-11(8-12(18)17-13)15-10-6-5-7-14(10,3)4/h8-10H,5-7H2,1-4H3,(H2,15,16,17,18). The lowest BCUT2D eigenvalue weighted by molar-refractivity contribution is 0.349. The molecule has 0 spiro atoms. The van der Waals surface area contributed by atoms with E-state index in [4.69, 9.17) is 0 Å². The molecule has 1 unspecified atom stereocenters. The van der Waals surface area contributed by atoms with Crippen LogP contribution in [0.4, 0.5) is 5.82 Å². The average molecular weight is 249 g/mol. The molecule has 18 heavy (non-hydrogen) atoms. The molecule has 0 saturated heterocycles. The van der Waals surface area contributed by atoms with Crippen molar-refractivity contribution in [2.75, 3.05) is 5.32 Å². The molecular weight excluding hydrogens is 226 g/mol. The minimum atomic E-state index is -0.0768. The fraction of sp³-hybridized carbons (Fsp3) is 0.714. The third-order valence-electron chi connectivity index (χ3n) is 3.89. The third-order valence-corrected chi connectivity index (χ3v) is 3.89. The lowest BCUT2D eigenvalue weighted by atomic mass is 9.87. The first-order chi connectivity index (χ1) is 8.38. The van der Waals surface area contributed by atoms with Gasteiger partial charge in [0.25, 0.3) is 5.56 Å². The molecule has 1 atom stereocenters. The fourth-order valence-electron chi connectivity index (χ4n) is 2.60. The molecule has 0 aromatic carbocycles. The van der Waals surface area contributed by atoms with Gasteiger partial charge in [-0.1, -0.05) is 34.1 Å². The van der Waals surface area contributed by atoms with E-state index in [-0.39, 0.29) is 16.9 Å². The van der Waals surface area contributed by atoms with Crippen LogP contribution in [0.5, 0.6) is 0 Å². The monoisotopic (exact) mass is 249 g/mol. The average Bonchev–Trinajstić information content (AvgIpc) is 2.57. The highest BCUT2D eigenvalue weighted by Gasteiger charge is 2.34. The van der Waals surface area contributed by atoms with Crippen LogP contribution in [0.15, 0.2) is 10.9 Å². The Hall–Kier alpha value is -1.32. The van der Waals surface area contributed by atoms with Crippen molar-refractivity contribution >= 4 is 5.82 Å². The molecule has 4 nitrogen and oxygen atoms in total. The number of hydrogen-bond acceptors (Lipinski definition) is 3. The van der Waals surface area contributed by atoms with Gasteiger partial charge in [-0.2, -0.15) is 0 Å². The van der Waals surface area contributed by atoms with Crippen molar-refractivity contribution in [2.24, 2.45) is 5.41 Å². The van der Waals surface area contributed by atoms with Crippen LogP contribution < -0.4 is 10.9 Å². The van der Waals surface area contributed by atoms with Crippen LogP contribution in [0.2, 0.25) is 0 Å². The van der Waals surface area contributed by atoms with E-state index in [2.05, 4.69) is 29.1 Å². The van der Waals surface area contributed by atoms with E-state index in [0.29, 0.717) is 11.9 Å². The molecule has 0 amide bonds. The highest BCUT2D eigenvalue weighted by Crippen LogP contribution is 2.38. The van der Waals surface area contributed by atoms with Gasteiger partial charge in [-0.15, -0.1) is 0 Å². The smallest absolute Gasteiger partial charge is 0.252 e. The van der Waals surface area contributed by atoms with Crippen molar-refractivity contribution in [3.8, 4) is 0 Å². The summed E-state index contributed by atoms with van der Waals surface area (Å²) in [5.74, 6) is 1.69. The third kappa shape index (κ3) is 2.74. The van der Waals surface area contributed by atoms with E-state index in [1.165, 1.54) is 12.8 Å². The lowest BCUT2D eigenvalue weighted by Crippen LogP contribution is -2.32. The highest BCUT2D eigenvalue weighted by molar-refractivity contribution is 5.35. The highest BCUT2D eigenvalue weighted by atomic mass is 16.1. The van der Waals surface area contributed by atoms with E-state index in [9.17, 15) is 4.79 Å². The van der Waals surface area contributed by atoms with Crippen molar-refractivity contribution in [3.05, 3.63) is 22.2 Å². The largest absolute Gasteiger partial charge is 0.367 e. The van der Waals surface area contributed by atoms with Gasteiger partial charge in [-0.05, 0) is 18.3 Å². The first-order valence-corrected chi connectivity index (χ1v) is 6.76. The van der Waals surface area contributed by atoms with Crippen LogP contribution in [-0.4, -0.2) is 16.0 Å². The number of aromatic nitrogens is 2. The van der Waals surface area contributed by atoms with E-state index in [1.54, 1.807) is 6.07 Å². The van der Waals surface area contributed by atoms with Gasteiger partial charge in [-0.3, -0.25) is 4.79 Å². The van der Waals surface area contributed by atoms with Crippen LogP contribution >= 0.6 is 0 Å². The maximum atomic E-state index is 11.6. The number of anilines is 1. The van der Waals surface area contributed by atoms with Gasteiger partial charge < -0.3 is 10.3 Å². The molecule has 1 fully saturated rings. The minimum Gasteiger partial charge on any atom is -0.367 e. The molecular formula is C14H23N3O. The van der Waals surface area contributed by atoms with Gasteiger partial charge in [0, 0.05) is 18.0 Å². The summed E-state index contributed by atoms with van der Waals surface area (Å²) in [6.45, 7) is 8.60. The zero-order valence-electron chi connectivity index (χ0n) is 11.7. The van der Waals surface area contributed by atoms with Crippen LogP contribution in [0.3, 0.4) is 0 Å². The molecule has 0 radical (unpaired) electrons. The number of nitrogens with zero attached hydrogens (tertiary/aromatic N) is 1. The summed E-state index contributed by atoms with van der Waals surface area (Å²) < 4.78 is 0. The first kappa shape index (κ1) is 13.1. The molecule has 0 aliphatic heterocycles. The Kier molecular flexibility index (Phi) is 3.46. The SMILES string of the molecule is CC(C)c1nc(NC2CCCC2(C)C)cc(=O)[nH]1. The maximum Gasteiger partial charge on any atom is 0.252 e. The molecule has 1 saturated carbocycles. The Morgan fingerprint density at radius 1 is 1.50 bits per heavy atom. The maximum absolute atomic E-state index is 11.6. The normalized spacial score (nSPS) is 22.4. The summed E-state index contributed by atoms with van der Waals surface area (Å²) in [7, 11) is 0. The summed E-state index contributed by atoms with van der Waals surface area (Å²) in [6.07, 6.45) is 3.62. The Bertz CT molecular complexity index is 476. The second kappa shape index (κ2) is 4.75. The molecule has 4 heteroatoms. The second-order valence-electron chi connectivity index (χ2n) is 6.25. The predicted molar refractivity (Wildman–Crippen MR) is 74.0 cm³/mol. The lowest BCUT2D eigenvalue weighted by Gasteiger charge is -2.28. The second-order valence-corrected chi connectivity index (χ2v) is 6.25. The zero-order valence-corrected chi connectivity index (χ0v) is 11.7. The Morgan fingerprint density at radius 2 is 2.22 bits per heavy atom. The minimum absolute atomic E-state index is 0.0768. The molecule has 2 rings (SSSR count). The Morgan fingerprint density at radius 3 is 2.78 bits per heavy atom.